The summed E-state index contributed by atoms with van der Waals surface area (Å²) in [5.74, 6) is -0.272. The third kappa shape index (κ3) is 1.72. The molecular weight excluding hydrogens is 256 g/mol. The summed E-state index contributed by atoms with van der Waals surface area (Å²) in [6.07, 6.45) is 3.68. The first-order valence-corrected chi connectivity index (χ1v) is 6.33. The molecule has 0 saturated carbocycles. The zero-order valence-corrected chi connectivity index (χ0v) is 9.72. The number of fused-ring (bicyclic) bond motifs is 1. The van der Waals surface area contributed by atoms with Gasteiger partial charge in [-0.05, 0) is 12.1 Å². The minimum atomic E-state index is -3.89. The Morgan fingerprint density at radius 1 is 1.28 bits per heavy atom. The number of benzene rings is 1. The van der Waals surface area contributed by atoms with Crippen LogP contribution < -0.4 is 9.47 Å². The van der Waals surface area contributed by atoms with E-state index in [0.717, 1.165) is 16.4 Å². The van der Waals surface area contributed by atoms with Crippen LogP contribution >= 0.6 is 0 Å². The molecule has 18 heavy (non-hydrogen) atoms. The lowest BCUT2D eigenvalue weighted by molar-refractivity contribution is 0.171. The maximum absolute atomic E-state index is 12.3. The van der Waals surface area contributed by atoms with Gasteiger partial charge in [0.15, 0.2) is 11.5 Å². The number of aromatic nitrogens is 2. The van der Waals surface area contributed by atoms with Crippen LogP contribution in [0.1, 0.15) is 5.48 Å². The predicted molar refractivity (Wildman–Crippen MR) is 62.2 cm³/mol. The van der Waals surface area contributed by atoms with Crippen molar-refractivity contribution in [2.45, 2.75) is 4.90 Å². The molecule has 0 spiro atoms. The second kappa shape index (κ2) is 4.02. The minimum Gasteiger partial charge on any atom is -0.486 e. The summed E-state index contributed by atoms with van der Waals surface area (Å²) < 4.78 is 65.3. The fourth-order valence-corrected chi connectivity index (χ4v) is 2.61. The monoisotopic (exact) mass is 270 g/mol. The lowest BCUT2D eigenvalue weighted by atomic mass is 10.3. The van der Waals surface area contributed by atoms with E-state index in [9.17, 15) is 8.42 Å². The number of nitrogens with zero attached hydrogens (tertiary/aromatic N) is 2. The van der Waals surface area contributed by atoms with Crippen molar-refractivity contribution in [2.24, 2.45) is 0 Å². The van der Waals surface area contributed by atoms with Crippen LogP contribution in [0.4, 0.5) is 0 Å². The molecule has 0 amide bonds. The maximum atomic E-state index is 12.3. The molecule has 3 rings (SSSR count). The highest BCUT2D eigenvalue weighted by atomic mass is 32.2. The van der Waals surface area contributed by atoms with E-state index in [4.69, 9.17) is 15.0 Å². The fraction of sp³-hybridized carbons (Fsp3) is 0.182. The predicted octanol–water partition coefficient (Wildman–Crippen LogP) is 0.891. The molecule has 6 nitrogen and oxygen atoms in total. The average Bonchev–Trinajstić information content (AvgIpc) is 2.93. The molecule has 0 atom stereocenters. The molecule has 0 aliphatic carbocycles. The average molecular weight is 270 g/mol. The van der Waals surface area contributed by atoms with Crippen molar-refractivity contribution in [3.63, 3.8) is 0 Å². The Morgan fingerprint density at radius 2 is 2.06 bits per heavy atom. The molecule has 1 aromatic heterocycles. The molecular formula is C11H10N2O4S. The van der Waals surface area contributed by atoms with Gasteiger partial charge in [0.2, 0.25) is 0 Å². The molecule has 1 aliphatic rings. The Bertz CT molecular complexity index is 821. The molecule has 1 aliphatic heterocycles. The van der Waals surface area contributed by atoms with Crippen LogP contribution in [0.15, 0.2) is 41.8 Å². The van der Waals surface area contributed by atoms with Gasteiger partial charge in [0.25, 0.3) is 10.0 Å². The van der Waals surface area contributed by atoms with Gasteiger partial charge in [-0.15, -0.1) is 0 Å². The molecule has 0 unspecified atom stereocenters. The van der Waals surface area contributed by atoms with Crippen LogP contribution in [0.3, 0.4) is 0 Å². The van der Waals surface area contributed by atoms with Gasteiger partial charge in [-0.3, -0.25) is 0 Å². The van der Waals surface area contributed by atoms with Gasteiger partial charge in [-0.1, -0.05) is 0 Å². The highest BCUT2D eigenvalue weighted by Gasteiger charge is 2.20. The van der Waals surface area contributed by atoms with Gasteiger partial charge in [-0.2, -0.15) is 0 Å². The maximum Gasteiger partial charge on any atom is 0.269 e. The van der Waals surface area contributed by atoms with Crippen LogP contribution in [0.5, 0.6) is 11.5 Å². The summed E-state index contributed by atoms with van der Waals surface area (Å²) in [5.41, 5.74) is 0. The van der Waals surface area contributed by atoms with Gasteiger partial charge < -0.3 is 9.47 Å². The molecule has 2 aromatic rings. The van der Waals surface area contributed by atoms with Gasteiger partial charge >= 0.3 is 0 Å². The van der Waals surface area contributed by atoms with Crippen LogP contribution in [0.25, 0.3) is 0 Å². The number of hydrogen-bond donors (Lipinski definition) is 0. The summed E-state index contributed by atoms with van der Waals surface area (Å²) in [6.45, 7) is -5.44. The zero-order valence-electron chi connectivity index (χ0n) is 12.9. The summed E-state index contributed by atoms with van der Waals surface area (Å²) in [5, 5.41) is 0. The molecule has 0 radical (unpaired) electrons. The van der Waals surface area contributed by atoms with Gasteiger partial charge in [0.05, 0.1) is 10.4 Å². The standard InChI is InChI=1S/C11H10N2O4S/c14-18(15,13-4-3-12-8-13)9-1-2-10-11(7-9)17-6-5-16-10/h1-4,7-8H,5-6H2/i5D2,6D2. The Hall–Kier alpha value is -2.02. The third-order valence-electron chi connectivity index (χ3n) is 2.33. The molecule has 1 aromatic carbocycles. The highest BCUT2D eigenvalue weighted by Crippen LogP contribution is 2.32. The van der Waals surface area contributed by atoms with Crippen molar-refractivity contribution in [3.8, 4) is 11.5 Å². The molecule has 0 bridgehead atoms. The first-order chi connectivity index (χ1) is 10.1. The first kappa shape index (κ1) is 7.42. The van der Waals surface area contributed by atoms with Gasteiger partial charge in [0, 0.05) is 18.5 Å². The molecule has 2 heterocycles. The third-order valence-corrected chi connectivity index (χ3v) is 3.96. The molecule has 0 fully saturated rings. The Kier molecular flexibility index (Phi) is 1.66. The molecule has 7 heteroatoms. The van der Waals surface area contributed by atoms with Crippen LogP contribution in [-0.2, 0) is 10.0 Å². The highest BCUT2D eigenvalue weighted by molar-refractivity contribution is 7.90. The second-order valence-electron chi connectivity index (χ2n) is 3.41. The van der Waals surface area contributed by atoms with Gasteiger partial charge in [0.1, 0.15) is 19.4 Å². The zero-order chi connectivity index (χ0) is 16.2. The molecule has 0 N–H and O–H groups in total. The number of hydrogen-bond acceptors (Lipinski definition) is 5. The topological polar surface area (TPSA) is 70.4 Å². The number of rotatable bonds is 2. The first-order valence-electron chi connectivity index (χ1n) is 6.89. The van der Waals surface area contributed by atoms with E-state index in [0.29, 0.717) is 0 Å². The van der Waals surface area contributed by atoms with Crippen LogP contribution in [0.2, 0.25) is 0 Å². The summed E-state index contributed by atoms with van der Waals surface area (Å²) >= 11 is 0. The fourth-order valence-electron chi connectivity index (χ4n) is 1.48. The summed E-state index contributed by atoms with van der Waals surface area (Å²) in [7, 11) is -3.89. The van der Waals surface area contributed by atoms with E-state index in [2.05, 4.69) is 4.98 Å². The molecule has 0 saturated heterocycles. The Morgan fingerprint density at radius 3 is 2.78 bits per heavy atom. The van der Waals surface area contributed by atoms with Crippen molar-refractivity contribution in [1.29, 1.82) is 0 Å². The summed E-state index contributed by atoms with van der Waals surface area (Å²) in [6, 6.07) is 3.51. The lowest BCUT2D eigenvalue weighted by Gasteiger charge is -2.18. The van der Waals surface area contributed by atoms with Crippen molar-refractivity contribution < 1.29 is 23.4 Å². The van der Waals surface area contributed by atoms with E-state index in [1.807, 2.05) is 0 Å². The quantitative estimate of drug-likeness (QED) is 0.810. The normalized spacial score (nSPS) is 23.3. The molecule has 94 valence electrons. The van der Waals surface area contributed by atoms with E-state index in [1.54, 1.807) is 0 Å². The van der Waals surface area contributed by atoms with Crippen LogP contribution in [-0.4, -0.2) is 30.5 Å². The Labute approximate surface area is 109 Å². The smallest absolute Gasteiger partial charge is 0.269 e. The van der Waals surface area contributed by atoms with Crippen LogP contribution in [0, 0.1) is 0 Å². The van der Waals surface area contributed by atoms with Crippen molar-refractivity contribution in [3.05, 3.63) is 36.9 Å². The van der Waals surface area contributed by atoms with E-state index in [1.165, 1.54) is 24.5 Å². The van der Waals surface area contributed by atoms with Crippen molar-refractivity contribution >= 4 is 10.0 Å². The minimum absolute atomic E-state index is 0.0790. The second-order valence-corrected chi connectivity index (χ2v) is 5.26. The van der Waals surface area contributed by atoms with Crippen molar-refractivity contribution in [1.82, 2.24) is 8.96 Å². The number of ether oxygens (including phenoxy) is 2. The lowest BCUT2D eigenvalue weighted by Crippen LogP contribution is -2.16. The van der Waals surface area contributed by atoms with Crippen molar-refractivity contribution in [2.75, 3.05) is 13.1 Å². The SMILES string of the molecule is [2H]C1([2H])Oc2ccc(S(=O)(=O)n3ccnc3)cc2OC1([2H])[2H]. The Balaban J connectivity index is 2.07. The largest absolute Gasteiger partial charge is 0.486 e. The van der Waals surface area contributed by atoms with E-state index >= 15 is 0 Å². The van der Waals surface area contributed by atoms with E-state index in [-0.39, 0.29) is 16.4 Å². The number of imidazole rings is 1. The van der Waals surface area contributed by atoms with E-state index < -0.39 is 23.1 Å². The summed E-state index contributed by atoms with van der Waals surface area (Å²) in [4.78, 5) is 3.50. The van der Waals surface area contributed by atoms with Gasteiger partial charge in [-0.25, -0.2) is 17.4 Å².